The average molecular weight is 280 g/mol. The van der Waals surface area contributed by atoms with Crippen LogP contribution in [-0.2, 0) is 6.42 Å². The van der Waals surface area contributed by atoms with E-state index in [-0.39, 0.29) is 22.6 Å². The van der Waals surface area contributed by atoms with Gasteiger partial charge in [-0.25, -0.2) is 14.8 Å². The molecule has 0 fully saturated rings. The van der Waals surface area contributed by atoms with E-state index in [1.807, 2.05) is 12.1 Å². The highest BCUT2D eigenvalue weighted by molar-refractivity contribution is 6.11. The third kappa shape index (κ3) is 1.64. The monoisotopic (exact) mass is 280 g/mol. The summed E-state index contributed by atoms with van der Waals surface area (Å²) in [5, 5.41) is 0. The van der Waals surface area contributed by atoms with E-state index in [0.717, 1.165) is 5.56 Å². The normalized spacial score (nSPS) is 13.0. The summed E-state index contributed by atoms with van der Waals surface area (Å²) in [6.07, 6.45) is 0.429. The number of fused-ring (bicyclic) bond motifs is 3. The molecule has 0 amide bonds. The van der Waals surface area contributed by atoms with E-state index in [2.05, 4.69) is 19.9 Å². The first kappa shape index (κ1) is 11.7. The summed E-state index contributed by atoms with van der Waals surface area (Å²) < 4.78 is 0. The summed E-state index contributed by atoms with van der Waals surface area (Å²) in [6.45, 7) is 0. The Bertz CT molecular complexity index is 1030. The van der Waals surface area contributed by atoms with Gasteiger partial charge < -0.3 is 0 Å². The number of ketones is 1. The Hall–Kier alpha value is -3.09. The van der Waals surface area contributed by atoms with Gasteiger partial charge in [0.15, 0.2) is 11.2 Å². The number of hydrogen-bond donors (Lipinski definition) is 2. The maximum absolute atomic E-state index is 12.4. The van der Waals surface area contributed by atoms with Gasteiger partial charge in [-0.15, -0.1) is 0 Å². The molecular formula is C14H8N4O3. The second-order valence-electron chi connectivity index (χ2n) is 4.79. The molecule has 2 N–H and O–H groups in total. The average Bonchev–Trinajstić information content (AvgIpc) is 2.47. The first-order chi connectivity index (χ1) is 10.1. The fourth-order valence-electron chi connectivity index (χ4n) is 2.53. The molecule has 3 aromatic rings. The van der Waals surface area contributed by atoms with Crippen molar-refractivity contribution in [3.05, 3.63) is 67.6 Å². The van der Waals surface area contributed by atoms with E-state index in [1.54, 1.807) is 12.1 Å². The standard InChI is InChI=1S/C14H8N4O3/c19-11-7-4-2-1-3-6(7)5-8-9(11)16-12-10(15-8)13(20)18-14(21)17-12/h1-4H,5H2,(H2,16,17,18,20,21). The van der Waals surface area contributed by atoms with Crippen LogP contribution in [0.1, 0.15) is 27.3 Å². The van der Waals surface area contributed by atoms with Crippen LogP contribution in [-0.4, -0.2) is 25.7 Å². The topological polar surface area (TPSA) is 109 Å². The minimum absolute atomic E-state index is 0.0234. The Labute approximate surface area is 116 Å². The van der Waals surface area contributed by atoms with Crippen LogP contribution in [0.3, 0.4) is 0 Å². The molecule has 0 unspecified atom stereocenters. The van der Waals surface area contributed by atoms with Crippen molar-refractivity contribution in [3.8, 4) is 0 Å². The van der Waals surface area contributed by atoms with Gasteiger partial charge in [-0.1, -0.05) is 24.3 Å². The molecule has 0 spiro atoms. The zero-order chi connectivity index (χ0) is 14.6. The quantitative estimate of drug-likeness (QED) is 0.476. The summed E-state index contributed by atoms with van der Waals surface area (Å²) in [4.78, 5) is 48.3. The lowest BCUT2D eigenvalue weighted by atomic mass is 9.91. The maximum atomic E-state index is 12.4. The Morgan fingerprint density at radius 2 is 1.81 bits per heavy atom. The SMILES string of the molecule is O=C1c2ccccc2Cc2nc3c(=O)[nH]c(=O)[nH]c3nc21. The number of nitrogens with one attached hydrogen (secondary N) is 2. The summed E-state index contributed by atoms with van der Waals surface area (Å²) in [6, 6.07) is 7.20. The largest absolute Gasteiger partial charge is 0.327 e. The first-order valence-corrected chi connectivity index (χ1v) is 6.29. The van der Waals surface area contributed by atoms with Crippen molar-refractivity contribution in [2.24, 2.45) is 0 Å². The predicted octanol–water partition coefficient (Wildman–Crippen LogP) is 0.142. The zero-order valence-corrected chi connectivity index (χ0v) is 10.6. The number of aromatic amines is 2. The lowest BCUT2D eigenvalue weighted by Crippen LogP contribution is -2.26. The number of carbonyl (C=O) groups excluding carboxylic acids is 1. The highest BCUT2D eigenvalue weighted by atomic mass is 16.2. The van der Waals surface area contributed by atoms with Gasteiger partial charge in [0.05, 0.1) is 5.69 Å². The summed E-state index contributed by atoms with van der Waals surface area (Å²) in [7, 11) is 0. The Morgan fingerprint density at radius 3 is 2.67 bits per heavy atom. The molecule has 0 radical (unpaired) electrons. The van der Waals surface area contributed by atoms with Gasteiger partial charge >= 0.3 is 5.69 Å². The number of rotatable bonds is 0. The van der Waals surface area contributed by atoms with Gasteiger partial charge in [-0.05, 0) is 5.56 Å². The molecule has 2 heterocycles. The van der Waals surface area contributed by atoms with Gasteiger partial charge in [0.2, 0.25) is 5.78 Å². The highest BCUT2D eigenvalue weighted by Gasteiger charge is 2.26. The molecule has 7 heteroatoms. The second kappa shape index (κ2) is 3.95. The van der Waals surface area contributed by atoms with Crippen LogP contribution >= 0.6 is 0 Å². The van der Waals surface area contributed by atoms with Gasteiger partial charge in [-0.3, -0.25) is 19.6 Å². The summed E-state index contributed by atoms with van der Waals surface area (Å²) in [5.74, 6) is -0.248. The molecule has 4 rings (SSSR count). The second-order valence-corrected chi connectivity index (χ2v) is 4.79. The van der Waals surface area contributed by atoms with Gasteiger partial charge in [0, 0.05) is 12.0 Å². The van der Waals surface area contributed by atoms with Crippen molar-refractivity contribution in [2.75, 3.05) is 0 Å². The van der Waals surface area contributed by atoms with Crippen molar-refractivity contribution in [1.29, 1.82) is 0 Å². The van der Waals surface area contributed by atoms with Crippen molar-refractivity contribution in [1.82, 2.24) is 19.9 Å². The van der Waals surface area contributed by atoms with Crippen molar-refractivity contribution >= 4 is 16.9 Å². The first-order valence-electron chi connectivity index (χ1n) is 6.29. The summed E-state index contributed by atoms with van der Waals surface area (Å²) in [5.41, 5.74) is 0.818. The van der Waals surface area contributed by atoms with Crippen LogP contribution in [0.25, 0.3) is 11.2 Å². The molecule has 21 heavy (non-hydrogen) atoms. The Balaban J connectivity index is 2.06. The van der Waals surface area contributed by atoms with E-state index < -0.39 is 11.2 Å². The number of carbonyl (C=O) groups is 1. The molecular weight excluding hydrogens is 272 g/mol. The molecule has 0 bridgehead atoms. The van der Waals surface area contributed by atoms with Crippen molar-refractivity contribution in [2.45, 2.75) is 6.42 Å². The lowest BCUT2D eigenvalue weighted by molar-refractivity contribution is 0.103. The van der Waals surface area contributed by atoms with Crippen molar-refractivity contribution in [3.63, 3.8) is 0 Å². The van der Waals surface area contributed by atoms with E-state index in [9.17, 15) is 14.4 Å². The maximum Gasteiger partial charge on any atom is 0.327 e. The lowest BCUT2D eigenvalue weighted by Gasteiger charge is -2.16. The molecule has 7 nitrogen and oxygen atoms in total. The molecule has 2 aromatic heterocycles. The van der Waals surface area contributed by atoms with Crippen LogP contribution < -0.4 is 11.2 Å². The smallest absolute Gasteiger partial charge is 0.290 e. The van der Waals surface area contributed by atoms with Crippen LogP contribution in [0.4, 0.5) is 0 Å². The molecule has 102 valence electrons. The number of H-pyrrole nitrogens is 2. The van der Waals surface area contributed by atoms with Crippen LogP contribution in [0.15, 0.2) is 33.9 Å². The predicted molar refractivity (Wildman–Crippen MR) is 73.5 cm³/mol. The number of benzene rings is 1. The molecule has 1 aliphatic carbocycles. The number of nitrogens with zero attached hydrogens (tertiary/aromatic N) is 2. The van der Waals surface area contributed by atoms with Crippen molar-refractivity contribution < 1.29 is 4.79 Å². The zero-order valence-electron chi connectivity index (χ0n) is 10.6. The molecule has 0 saturated carbocycles. The van der Waals surface area contributed by atoms with Crippen LogP contribution in [0.2, 0.25) is 0 Å². The molecule has 1 aromatic carbocycles. The molecule has 0 aliphatic heterocycles. The van der Waals surface area contributed by atoms with E-state index in [0.29, 0.717) is 17.7 Å². The fourth-order valence-corrected chi connectivity index (χ4v) is 2.53. The van der Waals surface area contributed by atoms with Crippen LogP contribution in [0.5, 0.6) is 0 Å². The molecule has 0 atom stereocenters. The van der Waals surface area contributed by atoms with Gasteiger partial charge in [-0.2, -0.15) is 0 Å². The minimum Gasteiger partial charge on any atom is -0.290 e. The Morgan fingerprint density at radius 1 is 1.00 bits per heavy atom. The summed E-state index contributed by atoms with van der Waals surface area (Å²) >= 11 is 0. The highest BCUT2D eigenvalue weighted by Crippen LogP contribution is 2.25. The fraction of sp³-hybridized carbons (Fsp3) is 0.0714. The van der Waals surface area contributed by atoms with E-state index >= 15 is 0 Å². The third-order valence-electron chi connectivity index (χ3n) is 3.48. The third-order valence-corrected chi connectivity index (χ3v) is 3.48. The number of aromatic nitrogens is 4. The number of hydrogen-bond acceptors (Lipinski definition) is 5. The molecule has 1 aliphatic rings. The minimum atomic E-state index is -0.676. The van der Waals surface area contributed by atoms with E-state index in [4.69, 9.17) is 0 Å². The van der Waals surface area contributed by atoms with Crippen LogP contribution in [0, 0.1) is 0 Å². The van der Waals surface area contributed by atoms with Gasteiger partial charge in [0.25, 0.3) is 5.56 Å². The molecule has 0 saturated heterocycles. The van der Waals surface area contributed by atoms with Gasteiger partial charge in [0.1, 0.15) is 5.69 Å². The Kier molecular flexibility index (Phi) is 2.20. The van der Waals surface area contributed by atoms with E-state index in [1.165, 1.54) is 0 Å².